The zero-order valence-electron chi connectivity index (χ0n) is 10.5. The maximum atomic E-state index is 11.1. The van der Waals surface area contributed by atoms with Gasteiger partial charge in [-0.1, -0.05) is 27.2 Å². The Balaban J connectivity index is 2.38. The summed E-state index contributed by atoms with van der Waals surface area (Å²) in [6, 6.07) is 0. The largest absolute Gasteiger partial charge is 0.378 e. The van der Waals surface area contributed by atoms with Crippen LogP contribution in [0.25, 0.3) is 0 Å². The Morgan fingerprint density at radius 2 is 2.06 bits per heavy atom. The maximum absolute atomic E-state index is 11.1. The molecule has 0 bridgehead atoms. The minimum atomic E-state index is -0.200. The molecule has 0 aromatic rings. The Kier molecular flexibility index (Phi) is 5.77. The highest BCUT2D eigenvalue weighted by Crippen LogP contribution is 2.32. The van der Waals surface area contributed by atoms with Crippen molar-refractivity contribution in [3.8, 4) is 0 Å². The number of halogens is 1. The number of carbonyl (C=O) groups is 1. The average Bonchev–Trinajstić information content (AvgIpc) is 2.25. The van der Waals surface area contributed by atoms with E-state index in [0.29, 0.717) is 17.9 Å². The van der Waals surface area contributed by atoms with E-state index in [1.165, 1.54) is 0 Å². The number of carbonyl (C=O) groups excluding carboxylic acids is 1. The number of hydrogen-bond donors (Lipinski definition) is 0. The highest BCUT2D eigenvalue weighted by atomic mass is 35.5. The summed E-state index contributed by atoms with van der Waals surface area (Å²) < 4.78 is 5.85. The van der Waals surface area contributed by atoms with Gasteiger partial charge in [-0.3, -0.25) is 4.79 Å². The summed E-state index contributed by atoms with van der Waals surface area (Å²) in [7, 11) is 0. The molecule has 0 radical (unpaired) electrons. The molecule has 3 heteroatoms. The molecule has 94 valence electrons. The van der Waals surface area contributed by atoms with Crippen molar-refractivity contribution in [2.45, 2.75) is 52.6 Å². The molecule has 2 nitrogen and oxygen atoms in total. The number of rotatable bonds is 5. The molecule has 3 atom stereocenters. The van der Waals surface area contributed by atoms with E-state index < -0.39 is 0 Å². The molecule has 0 aliphatic heterocycles. The predicted octanol–water partition coefficient (Wildman–Crippen LogP) is 3.62. The van der Waals surface area contributed by atoms with E-state index in [1.807, 2.05) is 6.92 Å². The molecule has 16 heavy (non-hydrogen) atoms. The molecule has 0 aromatic carbocycles. The van der Waals surface area contributed by atoms with Crippen LogP contribution in [0.5, 0.6) is 0 Å². The minimum absolute atomic E-state index is 0.0212. The lowest BCUT2D eigenvalue weighted by Crippen LogP contribution is -2.29. The molecule has 0 spiro atoms. The third kappa shape index (κ3) is 4.42. The normalized spacial score (nSPS) is 28.1. The minimum Gasteiger partial charge on any atom is -0.378 e. The van der Waals surface area contributed by atoms with Crippen molar-refractivity contribution in [3.05, 3.63) is 0 Å². The van der Waals surface area contributed by atoms with Crippen LogP contribution >= 0.6 is 11.6 Å². The summed E-state index contributed by atoms with van der Waals surface area (Å²) in [5.41, 5.74) is 0. The van der Waals surface area contributed by atoms with Gasteiger partial charge in [-0.05, 0) is 42.7 Å². The Hall–Kier alpha value is -0.0800. The van der Waals surface area contributed by atoms with Gasteiger partial charge in [0, 0.05) is 12.5 Å². The van der Waals surface area contributed by atoms with Gasteiger partial charge in [0.1, 0.15) is 0 Å². The third-order valence-corrected chi connectivity index (χ3v) is 3.74. The van der Waals surface area contributed by atoms with Gasteiger partial charge in [0.15, 0.2) is 0 Å². The summed E-state index contributed by atoms with van der Waals surface area (Å²) in [5, 5.41) is -0.200. The summed E-state index contributed by atoms with van der Waals surface area (Å²) in [6.07, 6.45) is 4.72. The molecular weight excluding hydrogens is 224 g/mol. The molecule has 1 rings (SSSR count). The van der Waals surface area contributed by atoms with Crippen molar-refractivity contribution in [1.82, 2.24) is 0 Å². The predicted molar refractivity (Wildman–Crippen MR) is 66.6 cm³/mol. The molecule has 1 fully saturated rings. The fraction of sp³-hybridized carbons (Fsp3) is 0.923. The molecule has 0 amide bonds. The molecule has 1 aliphatic rings. The van der Waals surface area contributed by atoms with E-state index in [2.05, 4.69) is 13.8 Å². The first-order valence-corrected chi connectivity index (χ1v) is 6.69. The first kappa shape index (κ1) is 14.0. The zero-order valence-corrected chi connectivity index (χ0v) is 11.3. The van der Waals surface area contributed by atoms with E-state index in [4.69, 9.17) is 16.3 Å². The lowest BCUT2D eigenvalue weighted by Gasteiger charge is -2.31. The fourth-order valence-corrected chi connectivity index (χ4v) is 2.48. The Labute approximate surface area is 104 Å². The number of hydrogen-bond acceptors (Lipinski definition) is 2. The molecule has 0 heterocycles. The highest BCUT2D eigenvalue weighted by Gasteiger charge is 2.29. The molecule has 1 aliphatic carbocycles. The second-order valence-electron chi connectivity index (χ2n) is 5.37. The van der Waals surface area contributed by atoms with Crippen LogP contribution in [0.3, 0.4) is 0 Å². The van der Waals surface area contributed by atoms with Crippen molar-refractivity contribution in [3.63, 3.8) is 0 Å². The Morgan fingerprint density at radius 3 is 2.62 bits per heavy atom. The van der Waals surface area contributed by atoms with Crippen LogP contribution in [-0.2, 0) is 9.53 Å². The van der Waals surface area contributed by atoms with E-state index in [9.17, 15) is 4.79 Å². The fourth-order valence-electron chi connectivity index (χ4n) is 2.30. The quantitative estimate of drug-likeness (QED) is 0.693. The Morgan fingerprint density at radius 1 is 1.38 bits per heavy atom. The smallest absolute Gasteiger partial charge is 0.224 e. The second-order valence-corrected chi connectivity index (χ2v) is 5.74. The van der Waals surface area contributed by atoms with E-state index >= 15 is 0 Å². The number of ether oxygens (including phenoxy) is 1. The lowest BCUT2D eigenvalue weighted by atomic mass is 9.80. The Bertz CT molecular complexity index is 228. The van der Waals surface area contributed by atoms with Crippen LogP contribution in [-0.4, -0.2) is 18.0 Å². The van der Waals surface area contributed by atoms with Crippen LogP contribution in [0.4, 0.5) is 0 Å². The van der Waals surface area contributed by atoms with E-state index in [-0.39, 0.29) is 11.2 Å². The van der Waals surface area contributed by atoms with Gasteiger partial charge in [0.25, 0.3) is 0 Å². The van der Waals surface area contributed by atoms with Crippen LogP contribution < -0.4 is 0 Å². The molecule has 0 saturated heterocycles. The molecule has 0 N–H and O–H groups in total. The van der Waals surface area contributed by atoms with Crippen molar-refractivity contribution in [2.75, 3.05) is 6.61 Å². The molecule has 3 unspecified atom stereocenters. The van der Waals surface area contributed by atoms with Gasteiger partial charge < -0.3 is 4.74 Å². The van der Waals surface area contributed by atoms with Crippen molar-refractivity contribution < 1.29 is 9.53 Å². The summed E-state index contributed by atoms with van der Waals surface area (Å²) in [6.45, 7) is 7.07. The lowest BCUT2D eigenvalue weighted by molar-refractivity contribution is -0.117. The van der Waals surface area contributed by atoms with Gasteiger partial charge in [0.2, 0.25) is 5.24 Å². The molecular formula is C13H23ClO2. The van der Waals surface area contributed by atoms with E-state index in [0.717, 1.165) is 32.3 Å². The van der Waals surface area contributed by atoms with Crippen molar-refractivity contribution >= 4 is 16.8 Å². The maximum Gasteiger partial charge on any atom is 0.224 e. The monoisotopic (exact) mass is 246 g/mol. The van der Waals surface area contributed by atoms with Crippen LogP contribution in [0.1, 0.15) is 46.5 Å². The third-order valence-electron chi connectivity index (χ3n) is 3.40. The highest BCUT2D eigenvalue weighted by molar-refractivity contribution is 6.63. The topological polar surface area (TPSA) is 26.3 Å². The van der Waals surface area contributed by atoms with Gasteiger partial charge in [-0.15, -0.1) is 0 Å². The van der Waals surface area contributed by atoms with E-state index in [1.54, 1.807) is 0 Å². The van der Waals surface area contributed by atoms with Crippen molar-refractivity contribution in [2.24, 2.45) is 17.8 Å². The van der Waals surface area contributed by atoms with Gasteiger partial charge in [-0.25, -0.2) is 0 Å². The zero-order chi connectivity index (χ0) is 12.1. The van der Waals surface area contributed by atoms with Crippen molar-refractivity contribution in [1.29, 1.82) is 0 Å². The summed E-state index contributed by atoms with van der Waals surface area (Å²) in [4.78, 5) is 11.1. The van der Waals surface area contributed by atoms with Crippen LogP contribution in [0.15, 0.2) is 0 Å². The standard InChI is InChI=1S/C13H23ClO2/c1-9(2)8-16-12-6-4-5-11(7-12)10(3)13(14)15/h9-12H,4-8H2,1-3H3. The van der Waals surface area contributed by atoms with Gasteiger partial charge >= 0.3 is 0 Å². The van der Waals surface area contributed by atoms with Crippen LogP contribution in [0.2, 0.25) is 0 Å². The second kappa shape index (κ2) is 6.61. The molecule has 0 aromatic heterocycles. The first-order valence-electron chi connectivity index (χ1n) is 6.31. The molecule has 1 saturated carbocycles. The van der Waals surface area contributed by atoms with Gasteiger partial charge in [0.05, 0.1) is 6.10 Å². The average molecular weight is 247 g/mol. The SMILES string of the molecule is CC(C)COC1CCCC(C(C)C(=O)Cl)C1. The van der Waals surface area contributed by atoms with Crippen LogP contribution in [0, 0.1) is 17.8 Å². The van der Waals surface area contributed by atoms with Gasteiger partial charge in [-0.2, -0.15) is 0 Å². The summed E-state index contributed by atoms with van der Waals surface area (Å²) in [5.74, 6) is 0.968. The summed E-state index contributed by atoms with van der Waals surface area (Å²) >= 11 is 5.56. The first-order chi connectivity index (χ1) is 7.50.